The minimum Gasteiger partial charge on any atom is -0.0651 e. The predicted octanol–water partition coefficient (Wildman–Crippen LogP) is 5.12. The van der Waals surface area contributed by atoms with Crippen LogP contribution in [0.3, 0.4) is 0 Å². The molecule has 1 aromatic carbocycles. The minimum absolute atomic E-state index is 0.402. The molecule has 0 aliphatic carbocycles. The third kappa shape index (κ3) is 3.11. The van der Waals surface area contributed by atoms with Gasteiger partial charge in [-0.05, 0) is 10.1 Å². The first-order valence-electron chi connectivity index (χ1n) is 7.82. The topological polar surface area (TPSA) is 0 Å². The molecule has 0 spiro atoms. The van der Waals surface area contributed by atoms with E-state index in [1.807, 2.05) is 0 Å². The van der Waals surface area contributed by atoms with Crippen LogP contribution in [0.2, 0.25) is 36.3 Å². The van der Waals surface area contributed by atoms with Gasteiger partial charge in [-0.2, -0.15) is 0 Å². The molecule has 0 aromatic heterocycles. The zero-order valence-corrected chi connectivity index (χ0v) is 17.3. The van der Waals surface area contributed by atoms with Crippen LogP contribution in [-0.2, 0) is 0 Å². The highest BCUT2D eigenvalue weighted by molar-refractivity contribution is 6.94. The Kier molecular flexibility index (Phi) is 4.54. The Balaban J connectivity index is 3.36. The molecule has 0 fully saturated rings. The van der Waals surface area contributed by atoms with Gasteiger partial charge in [0.25, 0.3) is 0 Å². The predicted molar refractivity (Wildman–Crippen MR) is 100 cm³/mol. The first kappa shape index (κ1) is 17.7. The second-order valence-electron chi connectivity index (χ2n) is 9.33. The van der Waals surface area contributed by atoms with E-state index in [9.17, 15) is 0 Å². The van der Waals surface area contributed by atoms with Crippen molar-refractivity contribution in [1.82, 2.24) is 0 Å². The van der Waals surface area contributed by atoms with E-state index in [1.54, 1.807) is 10.4 Å². The van der Waals surface area contributed by atoms with Crippen LogP contribution < -0.4 is 10.4 Å². The number of benzene rings is 1. The summed E-state index contributed by atoms with van der Waals surface area (Å²) in [5.74, 6) is 0. The average molecular weight is 307 g/mol. The van der Waals surface area contributed by atoms with Gasteiger partial charge in [-0.15, -0.1) is 0 Å². The zero-order chi connectivity index (χ0) is 16.0. The Labute approximate surface area is 129 Å². The van der Waals surface area contributed by atoms with Crippen molar-refractivity contribution in [1.29, 1.82) is 0 Å². The molecule has 114 valence electrons. The third-order valence-electron chi connectivity index (χ3n) is 6.06. The molecule has 0 unspecified atom stereocenters. The molecule has 20 heavy (non-hydrogen) atoms. The molecule has 0 atom stereocenters. The Morgan fingerprint density at radius 3 is 1.20 bits per heavy atom. The lowest BCUT2D eigenvalue weighted by Crippen LogP contribution is -2.54. The van der Waals surface area contributed by atoms with Crippen LogP contribution in [0.4, 0.5) is 0 Å². The maximum absolute atomic E-state index is 2.55. The van der Waals surface area contributed by atoms with Crippen LogP contribution in [0.25, 0.3) is 0 Å². The van der Waals surface area contributed by atoms with E-state index in [2.05, 4.69) is 92.0 Å². The molecular weight excluding hydrogens is 272 g/mol. The lowest BCUT2D eigenvalue weighted by Gasteiger charge is -2.40. The van der Waals surface area contributed by atoms with Crippen LogP contribution in [0.15, 0.2) is 24.3 Å². The van der Waals surface area contributed by atoms with Crippen molar-refractivity contribution in [2.24, 2.45) is 0 Å². The van der Waals surface area contributed by atoms with Crippen LogP contribution in [0.5, 0.6) is 0 Å². The Morgan fingerprint density at radius 1 is 0.650 bits per heavy atom. The van der Waals surface area contributed by atoms with E-state index in [-0.39, 0.29) is 0 Å². The van der Waals surface area contributed by atoms with Gasteiger partial charge in [0.05, 0.1) is 16.1 Å². The van der Waals surface area contributed by atoms with Crippen LogP contribution in [0, 0.1) is 0 Å². The van der Waals surface area contributed by atoms with Crippen molar-refractivity contribution < 1.29 is 0 Å². The minimum atomic E-state index is -1.43. The number of hydrogen-bond acceptors (Lipinski definition) is 0. The van der Waals surface area contributed by atoms with Crippen molar-refractivity contribution in [2.45, 2.75) is 77.8 Å². The number of hydrogen-bond donors (Lipinski definition) is 0. The largest absolute Gasteiger partial charge is 0.0859 e. The first-order chi connectivity index (χ1) is 8.71. The SMILES string of the molecule is CC(C)(C)[Si](C)(C)c1cccc([Si](C)(C)C(C)(C)C)c1. The van der Waals surface area contributed by atoms with Crippen LogP contribution in [0.1, 0.15) is 41.5 Å². The summed E-state index contributed by atoms with van der Waals surface area (Å²) in [7, 11) is -2.86. The van der Waals surface area contributed by atoms with Gasteiger partial charge < -0.3 is 0 Å². The van der Waals surface area contributed by atoms with Crippen molar-refractivity contribution in [3.8, 4) is 0 Å². The monoisotopic (exact) mass is 306 g/mol. The molecule has 0 saturated carbocycles. The fourth-order valence-corrected chi connectivity index (χ4v) is 6.10. The second kappa shape index (κ2) is 5.13. The molecular formula is C18H34Si2. The van der Waals surface area contributed by atoms with E-state index in [0.717, 1.165) is 0 Å². The molecule has 0 radical (unpaired) electrons. The highest BCUT2D eigenvalue weighted by atomic mass is 28.3. The molecule has 1 rings (SSSR count). The summed E-state index contributed by atoms with van der Waals surface area (Å²) in [6, 6.07) is 9.59. The smallest absolute Gasteiger partial charge is 0.0651 e. The zero-order valence-electron chi connectivity index (χ0n) is 15.3. The van der Waals surface area contributed by atoms with Crippen LogP contribution in [-0.4, -0.2) is 16.1 Å². The summed E-state index contributed by atoms with van der Waals surface area (Å²) in [4.78, 5) is 0. The summed E-state index contributed by atoms with van der Waals surface area (Å²) in [6.07, 6.45) is 0. The molecule has 1 aromatic rings. The molecule has 0 N–H and O–H groups in total. The molecule has 0 bridgehead atoms. The fraction of sp³-hybridized carbons (Fsp3) is 0.667. The molecule has 0 amide bonds. The summed E-state index contributed by atoms with van der Waals surface area (Å²) < 4.78 is 0. The van der Waals surface area contributed by atoms with E-state index in [1.165, 1.54) is 0 Å². The lowest BCUT2D eigenvalue weighted by atomic mass is 10.2. The van der Waals surface area contributed by atoms with Gasteiger partial charge in [0.2, 0.25) is 0 Å². The fourth-order valence-electron chi connectivity index (χ4n) is 2.16. The van der Waals surface area contributed by atoms with Crippen molar-refractivity contribution in [3.05, 3.63) is 24.3 Å². The quantitative estimate of drug-likeness (QED) is 0.665. The number of rotatable bonds is 2. The van der Waals surface area contributed by atoms with E-state index in [0.29, 0.717) is 10.1 Å². The normalized spacial score (nSPS) is 14.5. The molecule has 0 nitrogen and oxygen atoms in total. The third-order valence-corrected chi connectivity index (χ3v) is 17.1. The lowest BCUT2D eigenvalue weighted by molar-refractivity contribution is 0.728. The van der Waals surface area contributed by atoms with Crippen molar-refractivity contribution in [2.75, 3.05) is 0 Å². The molecule has 0 aliphatic heterocycles. The van der Waals surface area contributed by atoms with Gasteiger partial charge in [0.15, 0.2) is 0 Å². The Bertz CT molecular complexity index is 430. The maximum atomic E-state index is 2.55. The van der Waals surface area contributed by atoms with Gasteiger partial charge in [-0.3, -0.25) is 0 Å². The standard InChI is InChI=1S/C18H34Si2/c1-17(2,3)19(7,8)15-12-11-13-16(14-15)20(9,10)18(4,5)6/h11-14H,1-10H3. The van der Waals surface area contributed by atoms with Crippen molar-refractivity contribution >= 4 is 26.5 Å². The van der Waals surface area contributed by atoms with Gasteiger partial charge >= 0.3 is 0 Å². The highest BCUT2D eigenvalue weighted by Crippen LogP contribution is 2.37. The van der Waals surface area contributed by atoms with Crippen LogP contribution >= 0.6 is 0 Å². The van der Waals surface area contributed by atoms with Crippen molar-refractivity contribution in [3.63, 3.8) is 0 Å². The Morgan fingerprint density at radius 2 is 0.950 bits per heavy atom. The first-order valence-corrected chi connectivity index (χ1v) is 13.8. The van der Waals surface area contributed by atoms with E-state index >= 15 is 0 Å². The molecule has 0 aliphatic rings. The summed E-state index contributed by atoms with van der Waals surface area (Å²) in [5, 5.41) is 4.04. The van der Waals surface area contributed by atoms with E-state index < -0.39 is 16.1 Å². The maximum Gasteiger partial charge on any atom is 0.0859 e. The molecule has 0 heterocycles. The molecule has 0 saturated heterocycles. The summed E-state index contributed by atoms with van der Waals surface area (Å²) in [5.41, 5.74) is 0. The van der Waals surface area contributed by atoms with E-state index in [4.69, 9.17) is 0 Å². The van der Waals surface area contributed by atoms with Gasteiger partial charge in [0, 0.05) is 0 Å². The van der Waals surface area contributed by atoms with Gasteiger partial charge in [0.1, 0.15) is 0 Å². The second-order valence-corrected chi connectivity index (χ2v) is 20.0. The average Bonchev–Trinajstić information content (AvgIpc) is 2.26. The van der Waals surface area contributed by atoms with Gasteiger partial charge in [-0.1, -0.05) is 102 Å². The Hall–Kier alpha value is -0.346. The van der Waals surface area contributed by atoms with Gasteiger partial charge in [-0.25, -0.2) is 0 Å². The summed E-state index contributed by atoms with van der Waals surface area (Å²) in [6.45, 7) is 24.5. The summed E-state index contributed by atoms with van der Waals surface area (Å²) >= 11 is 0. The highest BCUT2D eigenvalue weighted by Gasteiger charge is 2.40. The molecule has 2 heteroatoms.